The van der Waals surface area contributed by atoms with Crippen molar-refractivity contribution in [2.75, 3.05) is 5.32 Å². The van der Waals surface area contributed by atoms with Gasteiger partial charge in [0.2, 0.25) is 0 Å². The molecule has 0 atom stereocenters. The van der Waals surface area contributed by atoms with Crippen LogP contribution in [0.15, 0.2) is 39.4 Å². The third kappa shape index (κ3) is 2.42. The van der Waals surface area contributed by atoms with Crippen LogP contribution in [0, 0.1) is 6.92 Å². The predicted molar refractivity (Wildman–Crippen MR) is 69.9 cm³/mol. The lowest BCUT2D eigenvalue weighted by Crippen LogP contribution is -2.00. The number of furan rings is 1. The molecule has 0 aliphatic rings. The molecule has 0 spiro atoms. The summed E-state index contributed by atoms with van der Waals surface area (Å²) in [5.41, 5.74) is 2.11. The van der Waals surface area contributed by atoms with Gasteiger partial charge in [-0.1, -0.05) is 17.7 Å². The molecule has 0 aliphatic heterocycles. The number of anilines is 1. The van der Waals surface area contributed by atoms with Crippen molar-refractivity contribution < 1.29 is 4.42 Å². The smallest absolute Gasteiger partial charge is 0.125 e. The highest BCUT2D eigenvalue weighted by Crippen LogP contribution is 2.30. The van der Waals surface area contributed by atoms with E-state index in [-0.39, 0.29) is 0 Å². The Bertz CT molecular complexity index is 496. The van der Waals surface area contributed by atoms with Gasteiger partial charge in [0.25, 0.3) is 0 Å². The lowest BCUT2D eigenvalue weighted by molar-refractivity contribution is 0.515. The minimum Gasteiger partial charge on any atom is -0.467 e. The summed E-state index contributed by atoms with van der Waals surface area (Å²) < 4.78 is 6.22. The summed E-state index contributed by atoms with van der Waals surface area (Å²) in [6.07, 6.45) is 1.69. The average molecular weight is 301 g/mol. The highest BCUT2D eigenvalue weighted by atomic mass is 79.9. The van der Waals surface area contributed by atoms with Gasteiger partial charge in [-0.05, 0) is 46.6 Å². The molecule has 2 aromatic rings. The third-order valence-corrected chi connectivity index (χ3v) is 3.76. The van der Waals surface area contributed by atoms with Crippen molar-refractivity contribution in [1.29, 1.82) is 0 Å². The molecular weight excluding hydrogens is 289 g/mol. The van der Waals surface area contributed by atoms with E-state index in [0.29, 0.717) is 11.6 Å². The molecular formula is C12H11BrClNO. The van der Waals surface area contributed by atoms with Crippen LogP contribution in [0.25, 0.3) is 0 Å². The van der Waals surface area contributed by atoms with Crippen LogP contribution >= 0.6 is 27.5 Å². The Hall–Kier alpha value is -0.930. The van der Waals surface area contributed by atoms with Gasteiger partial charge in [0.1, 0.15) is 5.76 Å². The maximum Gasteiger partial charge on any atom is 0.125 e. The molecule has 0 saturated heterocycles. The van der Waals surface area contributed by atoms with Crippen molar-refractivity contribution >= 4 is 33.2 Å². The Balaban J connectivity index is 2.11. The van der Waals surface area contributed by atoms with Gasteiger partial charge in [-0.25, -0.2) is 0 Å². The monoisotopic (exact) mass is 299 g/mol. The maximum atomic E-state index is 6.00. The van der Waals surface area contributed by atoms with Gasteiger partial charge < -0.3 is 9.73 Å². The highest BCUT2D eigenvalue weighted by molar-refractivity contribution is 9.10. The number of hydrogen-bond donors (Lipinski definition) is 1. The topological polar surface area (TPSA) is 25.2 Å². The molecule has 0 saturated carbocycles. The molecule has 0 amide bonds. The summed E-state index contributed by atoms with van der Waals surface area (Å²) in [6.45, 7) is 2.67. The molecule has 0 unspecified atom stereocenters. The van der Waals surface area contributed by atoms with E-state index in [9.17, 15) is 0 Å². The fraction of sp³-hybridized carbons (Fsp3) is 0.167. The second-order valence-electron chi connectivity index (χ2n) is 3.48. The summed E-state index contributed by atoms with van der Waals surface area (Å²) in [7, 11) is 0. The van der Waals surface area contributed by atoms with E-state index >= 15 is 0 Å². The lowest BCUT2D eigenvalue weighted by Gasteiger charge is -2.08. The Labute approximate surface area is 108 Å². The molecule has 16 heavy (non-hydrogen) atoms. The van der Waals surface area contributed by atoms with Crippen molar-refractivity contribution in [1.82, 2.24) is 0 Å². The summed E-state index contributed by atoms with van der Waals surface area (Å²) in [6, 6.07) is 7.66. The van der Waals surface area contributed by atoms with Gasteiger partial charge in [-0.2, -0.15) is 0 Å². The van der Waals surface area contributed by atoms with Crippen LogP contribution in [0.4, 0.5) is 5.69 Å². The molecule has 1 aromatic carbocycles. The number of rotatable bonds is 3. The molecule has 84 valence electrons. The fourth-order valence-corrected chi connectivity index (χ4v) is 1.98. The van der Waals surface area contributed by atoms with Crippen LogP contribution in [0.1, 0.15) is 11.3 Å². The average Bonchev–Trinajstić information content (AvgIpc) is 2.67. The Kier molecular flexibility index (Phi) is 3.56. The van der Waals surface area contributed by atoms with Crippen molar-refractivity contribution in [3.8, 4) is 0 Å². The zero-order valence-electron chi connectivity index (χ0n) is 8.76. The number of aryl methyl sites for hydroxylation is 1. The van der Waals surface area contributed by atoms with Crippen LogP contribution in [0.5, 0.6) is 0 Å². The first kappa shape index (κ1) is 11.6. The summed E-state index contributed by atoms with van der Waals surface area (Å²) in [4.78, 5) is 0. The van der Waals surface area contributed by atoms with Crippen LogP contribution in [-0.4, -0.2) is 0 Å². The van der Waals surface area contributed by atoms with Crippen LogP contribution in [0.3, 0.4) is 0 Å². The second-order valence-corrected chi connectivity index (χ2v) is 4.68. The molecule has 4 heteroatoms. The van der Waals surface area contributed by atoms with E-state index < -0.39 is 0 Å². The molecule has 0 fully saturated rings. The molecule has 1 heterocycles. The number of benzene rings is 1. The number of hydrogen-bond acceptors (Lipinski definition) is 2. The van der Waals surface area contributed by atoms with E-state index in [0.717, 1.165) is 21.5 Å². The first-order chi connectivity index (χ1) is 7.68. The van der Waals surface area contributed by atoms with Gasteiger partial charge in [0.05, 0.1) is 28.0 Å². The zero-order chi connectivity index (χ0) is 11.5. The van der Waals surface area contributed by atoms with Gasteiger partial charge in [-0.3, -0.25) is 0 Å². The molecule has 2 rings (SSSR count). The van der Waals surface area contributed by atoms with Gasteiger partial charge >= 0.3 is 0 Å². The summed E-state index contributed by atoms with van der Waals surface area (Å²) >= 11 is 9.43. The van der Waals surface area contributed by atoms with Crippen molar-refractivity contribution in [3.05, 3.63) is 51.3 Å². The Morgan fingerprint density at radius 3 is 2.88 bits per heavy atom. The maximum absolute atomic E-state index is 6.00. The van der Waals surface area contributed by atoms with E-state index in [1.165, 1.54) is 0 Å². The largest absolute Gasteiger partial charge is 0.467 e. The molecule has 0 radical (unpaired) electrons. The molecule has 0 bridgehead atoms. The van der Waals surface area contributed by atoms with Crippen molar-refractivity contribution in [2.45, 2.75) is 13.5 Å². The van der Waals surface area contributed by atoms with Gasteiger partial charge in [0, 0.05) is 0 Å². The van der Waals surface area contributed by atoms with Crippen LogP contribution in [-0.2, 0) is 6.54 Å². The summed E-state index contributed by atoms with van der Waals surface area (Å²) in [5, 5.41) is 3.97. The molecule has 2 nitrogen and oxygen atoms in total. The van der Waals surface area contributed by atoms with Crippen LogP contribution < -0.4 is 5.32 Å². The molecule has 0 aliphatic carbocycles. The standard InChI is InChI=1S/C12H11BrClNO/c1-8-5-6-16-11(8)7-15-10-4-2-3-9(14)12(10)13/h2-6,15H,7H2,1H3. The number of nitrogens with one attached hydrogen (secondary N) is 1. The zero-order valence-corrected chi connectivity index (χ0v) is 11.1. The quantitative estimate of drug-likeness (QED) is 0.895. The van der Waals surface area contributed by atoms with E-state index in [4.69, 9.17) is 16.0 Å². The fourth-order valence-electron chi connectivity index (χ4n) is 1.40. The first-order valence-corrected chi connectivity index (χ1v) is 6.06. The normalized spacial score (nSPS) is 10.4. The third-order valence-electron chi connectivity index (χ3n) is 2.36. The second kappa shape index (κ2) is 4.93. The van der Waals surface area contributed by atoms with Gasteiger partial charge in [-0.15, -0.1) is 0 Å². The first-order valence-electron chi connectivity index (χ1n) is 4.89. The van der Waals surface area contributed by atoms with Crippen molar-refractivity contribution in [3.63, 3.8) is 0 Å². The minimum atomic E-state index is 0.651. The SMILES string of the molecule is Cc1ccoc1CNc1cccc(Cl)c1Br. The molecule has 1 N–H and O–H groups in total. The Morgan fingerprint density at radius 2 is 2.19 bits per heavy atom. The Morgan fingerprint density at radius 1 is 1.38 bits per heavy atom. The molecule has 1 aromatic heterocycles. The highest BCUT2D eigenvalue weighted by Gasteiger charge is 2.05. The van der Waals surface area contributed by atoms with Crippen LogP contribution in [0.2, 0.25) is 5.02 Å². The number of halogens is 2. The van der Waals surface area contributed by atoms with E-state index in [1.807, 2.05) is 31.2 Å². The summed E-state index contributed by atoms with van der Waals surface area (Å²) in [5.74, 6) is 0.937. The minimum absolute atomic E-state index is 0.651. The van der Waals surface area contributed by atoms with Gasteiger partial charge in [0.15, 0.2) is 0 Å². The van der Waals surface area contributed by atoms with E-state index in [1.54, 1.807) is 6.26 Å². The van der Waals surface area contributed by atoms with Crippen molar-refractivity contribution in [2.24, 2.45) is 0 Å². The lowest BCUT2D eigenvalue weighted by atomic mass is 10.2. The van der Waals surface area contributed by atoms with E-state index in [2.05, 4.69) is 21.2 Å². The predicted octanol–water partition coefficient (Wildman–Crippen LogP) is 4.62.